The Morgan fingerprint density at radius 1 is 1.35 bits per heavy atom. The number of alkyl halides is 1. The van der Waals surface area contributed by atoms with Crippen LogP contribution in [0.4, 0.5) is 9.18 Å². The third kappa shape index (κ3) is 3.71. The monoisotopic (exact) mass is 279 g/mol. The summed E-state index contributed by atoms with van der Waals surface area (Å²) in [5.74, 6) is 0.422. The summed E-state index contributed by atoms with van der Waals surface area (Å²) in [5, 5.41) is 0. The fourth-order valence-electron chi connectivity index (χ4n) is 2.87. The van der Waals surface area contributed by atoms with Crippen molar-refractivity contribution in [3.63, 3.8) is 0 Å². The number of halogens is 1. The first kappa shape index (κ1) is 14.8. The standard InChI is InChI=1S/C16H22FNO2/c1-13-6-5-9-15(13)18(11-10-17)16(19)20-12-14-7-3-2-4-8-14/h2-4,7-8,13,15H,5-6,9-12H2,1H3/t13-,15-/m0/s1. The largest absolute Gasteiger partial charge is 0.445 e. The second-order valence-electron chi connectivity index (χ2n) is 5.40. The molecule has 1 saturated carbocycles. The first-order valence-corrected chi connectivity index (χ1v) is 7.25. The summed E-state index contributed by atoms with van der Waals surface area (Å²) in [6, 6.07) is 9.66. The van der Waals surface area contributed by atoms with Gasteiger partial charge in [-0.25, -0.2) is 9.18 Å². The molecular weight excluding hydrogens is 257 g/mol. The summed E-state index contributed by atoms with van der Waals surface area (Å²) in [4.78, 5) is 13.7. The minimum absolute atomic E-state index is 0.119. The topological polar surface area (TPSA) is 29.5 Å². The second-order valence-corrected chi connectivity index (χ2v) is 5.40. The average Bonchev–Trinajstić information content (AvgIpc) is 2.89. The van der Waals surface area contributed by atoms with Crippen molar-refractivity contribution in [1.82, 2.24) is 4.90 Å². The Hall–Kier alpha value is -1.58. The van der Waals surface area contributed by atoms with Gasteiger partial charge in [-0.05, 0) is 24.3 Å². The van der Waals surface area contributed by atoms with Gasteiger partial charge in [0.25, 0.3) is 0 Å². The van der Waals surface area contributed by atoms with Gasteiger partial charge in [0.1, 0.15) is 13.3 Å². The number of benzene rings is 1. The van der Waals surface area contributed by atoms with E-state index in [9.17, 15) is 9.18 Å². The smallest absolute Gasteiger partial charge is 0.410 e. The number of amides is 1. The highest BCUT2D eigenvalue weighted by atomic mass is 19.1. The van der Waals surface area contributed by atoms with Crippen molar-refractivity contribution in [3.8, 4) is 0 Å². The van der Waals surface area contributed by atoms with Crippen molar-refractivity contribution in [2.24, 2.45) is 5.92 Å². The maximum atomic E-state index is 12.7. The Balaban J connectivity index is 1.93. The van der Waals surface area contributed by atoms with Crippen molar-refractivity contribution >= 4 is 6.09 Å². The average molecular weight is 279 g/mol. The first-order valence-electron chi connectivity index (χ1n) is 7.25. The molecule has 1 amide bonds. The minimum atomic E-state index is -0.524. The van der Waals surface area contributed by atoms with Crippen molar-refractivity contribution in [1.29, 1.82) is 0 Å². The molecule has 0 bridgehead atoms. The molecule has 0 radical (unpaired) electrons. The molecule has 1 aromatic rings. The summed E-state index contributed by atoms with van der Waals surface area (Å²) < 4.78 is 18.0. The van der Waals surface area contributed by atoms with Gasteiger partial charge in [0.2, 0.25) is 0 Å². The van der Waals surface area contributed by atoms with E-state index >= 15 is 0 Å². The molecule has 0 spiro atoms. The number of nitrogens with zero attached hydrogens (tertiary/aromatic N) is 1. The lowest BCUT2D eigenvalue weighted by Gasteiger charge is -2.30. The van der Waals surface area contributed by atoms with Crippen LogP contribution >= 0.6 is 0 Å². The highest BCUT2D eigenvalue weighted by molar-refractivity contribution is 5.68. The quantitative estimate of drug-likeness (QED) is 0.821. The highest BCUT2D eigenvalue weighted by Gasteiger charge is 2.32. The van der Waals surface area contributed by atoms with Crippen LogP contribution in [0.1, 0.15) is 31.7 Å². The van der Waals surface area contributed by atoms with Crippen LogP contribution in [0.5, 0.6) is 0 Å². The van der Waals surface area contributed by atoms with Crippen molar-refractivity contribution in [2.45, 2.75) is 38.8 Å². The van der Waals surface area contributed by atoms with Gasteiger partial charge >= 0.3 is 6.09 Å². The molecule has 0 N–H and O–H groups in total. The number of hydrogen-bond donors (Lipinski definition) is 0. The summed E-state index contributed by atoms with van der Waals surface area (Å²) in [6.45, 7) is 1.96. The number of hydrogen-bond acceptors (Lipinski definition) is 2. The molecule has 2 rings (SSSR count). The molecule has 110 valence electrons. The van der Waals surface area contributed by atoms with Gasteiger partial charge in [0, 0.05) is 6.04 Å². The van der Waals surface area contributed by atoms with Gasteiger partial charge in [-0.1, -0.05) is 43.7 Å². The van der Waals surface area contributed by atoms with Crippen molar-refractivity contribution in [2.75, 3.05) is 13.2 Å². The fourth-order valence-corrected chi connectivity index (χ4v) is 2.87. The number of rotatable bonds is 5. The molecule has 1 aliphatic carbocycles. The van der Waals surface area contributed by atoms with Gasteiger partial charge in [-0.2, -0.15) is 0 Å². The third-order valence-corrected chi connectivity index (χ3v) is 3.98. The second kappa shape index (κ2) is 7.27. The van der Waals surface area contributed by atoms with Gasteiger partial charge in [0.05, 0.1) is 6.54 Å². The van der Waals surface area contributed by atoms with Crippen LogP contribution in [0.3, 0.4) is 0 Å². The SMILES string of the molecule is C[C@H]1CCC[C@@H]1N(CCF)C(=O)OCc1ccccc1. The summed E-state index contributed by atoms with van der Waals surface area (Å²) in [5.41, 5.74) is 0.945. The van der Waals surface area contributed by atoms with Gasteiger partial charge in [0.15, 0.2) is 0 Å². The Morgan fingerprint density at radius 3 is 2.70 bits per heavy atom. The molecule has 0 aliphatic heterocycles. The van der Waals surface area contributed by atoms with E-state index in [1.807, 2.05) is 30.3 Å². The van der Waals surface area contributed by atoms with Crippen LogP contribution < -0.4 is 0 Å². The van der Waals surface area contributed by atoms with Crippen LogP contribution in [0, 0.1) is 5.92 Å². The van der Waals surface area contributed by atoms with E-state index in [1.165, 1.54) is 0 Å². The molecule has 0 heterocycles. The molecule has 2 atom stereocenters. The Kier molecular flexibility index (Phi) is 5.39. The van der Waals surface area contributed by atoms with E-state index in [2.05, 4.69) is 6.92 Å². The highest BCUT2D eigenvalue weighted by Crippen LogP contribution is 2.29. The molecule has 4 heteroatoms. The first-order chi connectivity index (χ1) is 9.72. The van der Waals surface area contributed by atoms with E-state index in [0.29, 0.717) is 5.92 Å². The molecule has 0 aromatic heterocycles. The zero-order chi connectivity index (χ0) is 14.4. The molecular formula is C16H22FNO2. The van der Waals surface area contributed by atoms with E-state index in [4.69, 9.17) is 4.74 Å². The van der Waals surface area contributed by atoms with Crippen molar-refractivity contribution in [3.05, 3.63) is 35.9 Å². The van der Waals surface area contributed by atoms with Gasteiger partial charge < -0.3 is 9.64 Å². The molecule has 1 fully saturated rings. The number of carbonyl (C=O) groups is 1. The molecule has 0 saturated heterocycles. The minimum Gasteiger partial charge on any atom is -0.445 e. The Labute approximate surface area is 119 Å². The Bertz CT molecular complexity index is 424. The summed E-state index contributed by atoms with van der Waals surface area (Å²) in [7, 11) is 0. The van der Waals surface area contributed by atoms with Crippen LogP contribution in [-0.4, -0.2) is 30.3 Å². The molecule has 0 unspecified atom stereocenters. The van der Waals surface area contributed by atoms with Crippen LogP contribution in [0.15, 0.2) is 30.3 Å². The number of ether oxygens (including phenoxy) is 1. The van der Waals surface area contributed by atoms with Crippen LogP contribution in [0.2, 0.25) is 0 Å². The lowest BCUT2D eigenvalue weighted by molar-refractivity contribution is 0.0706. The van der Waals surface area contributed by atoms with E-state index in [-0.39, 0.29) is 19.2 Å². The van der Waals surface area contributed by atoms with E-state index in [0.717, 1.165) is 24.8 Å². The lowest BCUT2D eigenvalue weighted by atomic mass is 10.1. The summed E-state index contributed by atoms with van der Waals surface area (Å²) in [6.07, 6.45) is 2.74. The lowest BCUT2D eigenvalue weighted by Crippen LogP contribution is -2.43. The maximum absolute atomic E-state index is 12.7. The predicted octanol–water partition coefficient (Wildman–Crippen LogP) is 3.78. The number of carbonyl (C=O) groups excluding carboxylic acids is 1. The predicted molar refractivity (Wildman–Crippen MR) is 76.1 cm³/mol. The normalized spacial score (nSPS) is 21.7. The molecule has 3 nitrogen and oxygen atoms in total. The van der Waals surface area contributed by atoms with E-state index < -0.39 is 12.8 Å². The zero-order valence-electron chi connectivity index (χ0n) is 11.9. The van der Waals surface area contributed by atoms with Crippen LogP contribution in [0.25, 0.3) is 0 Å². The molecule has 20 heavy (non-hydrogen) atoms. The molecule has 1 aliphatic rings. The van der Waals surface area contributed by atoms with E-state index in [1.54, 1.807) is 4.90 Å². The molecule has 1 aromatic carbocycles. The zero-order valence-corrected chi connectivity index (χ0v) is 11.9. The fraction of sp³-hybridized carbons (Fsp3) is 0.562. The maximum Gasteiger partial charge on any atom is 0.410 e. The van der Waals surface area contributed by atoms with Crippen molar-refractivity contribution < 1.29 is 13.9 Å². The summed E-state index contributed by atoms with van der Waals surface area (Å²) >= 11 is 0. The Morgan fingerprint density at radius 2 is 2.10 bits per heavy atom. The van der Waals surface area contributed by atoms with Crippen LogP contribution in [-0.2, 0) is 11.3 Å². The van der Waals surface area contributed by atoms with Gasteiger partial charge in [-0.3, -0.25) is 0 Å². The third-order valence-electron chi connectivity index (χ3n) is 3.98. The van der Waals surface area contributed by atoms with Gasteiger partial charge in [-0.15, -0.1) is 0 Å².